The third-order valence-corrected chi connectivity index (χ3v) is 6.65. The molecule has 1 aliphatic carbocycles. The summed E-state index contributed by atoms with van der Waals surface area (Å²) in [5, 5.41) is 7.63. The number of fused-ring (bicyclic) bond motifs is 3. The highest BCUT2D eigenvalue weighted by molar-refractivity contribution is 7.16. The number of carbonyl (C=O) groups is 1. The molecule has 2 heterocycles. The van der Waals surface area contributed by atoms with Crippen LogP contribution in [0.4, 0.5) is 5.00 Å². The molecule has 1 aromatic carbocycles. The van der Waals surface area contributed by atoms with E-state index in [1.165, 1.54) is 23.3 Å². The highest BCUT2D eigenvalue weighted by atomic mass is 32.1. The Labute approximate surface area is 170 Å². The summed E-state index contributed by atoms with van der Waals surface area (Å²) in [4.78, 5) is 14.2. The first kappa shape index (κ1) is 19.1. The molecule has 1 aliphatic heterocycles. The number of benzene rings is 1. The number of carbonyl (C=O) groups excluding carboxylic acids is 1. The van der Waals surface area contributed by atoms with Crippen LogP contribution in [-0.4, -0.2) is 19.6 Å². The van der Waals surface area contributed by atoms with Gasteiger partial charge in [-0.3, -0.25) is 4.79 Å². The van der Waals surface area contributed by atoms with Crippen molar-refractivity contribution in [2.24, 2.45) is 5.92 Å². The van der Waals surface area contributed by atoms with E-state index in [0.717, 1.165) is 41.1 Å². The number of aryl methyl sites for hydroxylation is 1. The van der Waals surface area contributed by atoms with Gasteiger partial charge in [-0.15, -0.1) is 11.3 Å². The third kappa shape index (κ3) is 3.70. The quantitative estimate of drug-likeness (QED) is 0.723. The Morgan fingerprint density at radius 3 is 2.79 bits per heavy atom. The van der Waals surface area contributed by atoms with Gasteiger partial charge in [0.05, 0.1) is 19.3 Å². The number of hydrogen-bond donors (Lipinski definition) is 2. The molecule has 6 heteroatoms. The summed E-state index contributed by atoms with van der Waals surface area (Å²) in [7, 11) is 1.65. The Morgan fingerprint density at radius 2 is 2.00 bits per heavy atom. The standard InChI is InChI=1S/C22H28N2O3S/c1-13(2)10-11-27-16-9-8-14(12-17(16)26-3)20-23-21(25)19-15-6-4-5-7-18(15)28-22(19)24-20/h8-9,12-13,20,24H,4-7,10-11H2,1-3H3,(H,23,25). The Bertz CT molecular complexity index is 875. The molecule has 4 rings (SSSR count). The van der Waals surface area contributed by atoms with Crippen molar-refractivity contribution in [3.63, 3.8) is 0 Å². The molecule has 1 amide bonds. The molecule has 0 saturated heterocycles. The van der Waals surface area contributed by atoms with Gasteiger partial charge in [-0.25, -0.2) is 0 Å². The molecular weight excluding hydrogens is 372 g/mol. The summed E-state index contributed by atoms with van der Waals surface area (Å²) in [6.45, 7) is 5.02. The second-order valence-corrected chi connectivity index (χ2v) is 9.01. The van der Waals surface area contributed by atoms with Crippen molar-refractivity contribution < 1.29 is 14.3 Å². The van der Waals surface area contributed by atoms with Crippen LogP contribution in [0.15, 0.2) is 18.2 Å². The number of rotatable bonds is 6. The van der Waals surface area contributed by atoms with Gasteiger partial charge >= 0.3 is 0 Å². The molecule has 0 bridgehead atoms. The number of hydrogen-bond acceptors (Lipinski definition) is 5. The van der Waals surface area contributed by atoms with E-state index in [-0.39, 0.29) is 12.1 Å². The molecule has 1 atom stereocenters. The highest BCUT2D eigenvalue weighted by Gasteiger charge is 2.32. The van der Waals surface area contributed by atoms with Gasteiger partial charge in [-0.2, -0.15) is 0 Å². The summed E-state index contributed by atoms with van der Waals surface area (Å²) in [5.41, 5.74) is 3.07. The Kier molecular flexibility index (Phi) is 5.49. The van der Waals surface area contributed by atoms with Crippen LogP contribution in [0.2, 0.25) is 0 Å². The van der Waals surface area contributed by atoms with Crippen molar-refractivity contribution in [3.8, 4) is 11.5 Å². The van der Waals surface area contributed by atoms with Crippen LogP contribution in [0, 0.1) is 5.92 Å². The maximum Gasteiger partial charge on any atom is 0.256 e. The van der Waals surface area contributed by atoms with Crippen LogP contribution in [0.3, 0.4) is 0 Å². The van der Waals surface area contributed by atoms with Gasteiger partial charge < -0.3 is 20.1 Å². The number of amides is 1. The molecule has 1 unspecified atom stereocenters. The van der Waals surface area contributed by atoms with Gasteiger partial charge in [0.15, 0.2) is 11.5 Å². The van der Waals surface area contributed by atoms with Crippen LogP contribution < -0.4 is 20.1 Å². The molecule has 5 nitrogen and oxygen atoms in total. The molecule has 0 fully saturated rings. The van der Waals surface area contributed by atoms with E-state index in [4.69, 9.17) is 9.47 Å². The molecule has 0 spiro atoms. The largest absolute Gasteiger partial charge is 0.493 e. The van der Waals surface area contributed by atoms with E-state index in [0.29, 0.717) is 18.3 Å². The topological polar surface area (TPSA) is 59.6 Å². The zero-order chi connectivity index (χ0) is 19.7. The highest BCUT2D eigenvalue weighted by Crippen LogP contribution is 2.42. The Hall–Kier alpha value is -2.21. The van der Waals surface area contributed by atoms with Crippen molar-refractivity contribution in [1.29, 1.82) is 0 Å². The molecule has 1 aromatic heterocycles. The normalized spacial score (nSPS) is 18.1. The van der Waals surface area contributed by atoms with Crippen molar-refractivity contribution in [2.45, 2.75) is 52.1 Å². The summed E-state index contributed by atoms with van der Waals surface area (Å²) in [6.07, 6.45) is 5.21. The maximum atomic E-state index is 12.8. The lowest BCUT2D eigenvalue weighted by atomic mass is 9.94. The minimum absolute atomic E-state index is 0.0226. The van der Waals surface area contributed by atoms with Crippen LogP contribution >= 0.6 is 11.3 Å². The fraction of sp³-hybridized carbons (Fsp3) is 0.500. The van der Waals surface area contributed by atoms with Crippen LogP contribution in [0.25, 0.3) is 0 Å². The van der Waals surface area contributed by atoms with Crippen LogP contribution in [0.1, 0.15) is 65.6 Å². The number of nitrogens with one attached hydrogen (secondary N) is 2. The van der Waals surface area contributed by atoms with Gasteiger partial charge in [0.25, 0.3) is 5.91 Å². The number of anilines is 1. The summed E-state index contributed by atoms with van der Waals surface area (Å²) in [6, 6.07) is 5.86. The molecule has 2 aromatic rings. The minimum atomic E-state index is -0.265. The Balaban J connectivity index is 1.55. The van der Waals surface area contributed by atoms with E-state index in [9.17, 15) is 4.79 Å². The first-order chi connectivity index (χ1) is 13.6. The second-order valence-electron chi connectivity index (χ2n) is 7.91. The minimum Gasteiger partial charge on any atom is -0.493 e. The average Bonchev–Trinajstić information content (AvgIpc) is 3.06. The summed E-state index contributed by atoms with van der Waals surface area (Å²) >= 11 is 1.74. The second kappa shape index (κ2) is 8.03. The van der Waals surface area contributed by atoms with Gasteiger partial charge in [0, 0.05) is 4.88 Å². The van der Waals surface area contributed by atoms with E-state index >= 15 is 0 Å². The third-order valence-electron chi connectivity index (χ3n) is 5.42. The predicted octanol–water partition coefficient (Wildman–Crippen LogP) is 4.91. The van der Waals surface area contributed by atoms with Gasteiger partial charge in [0.1, 0.15) is 11.2 Å². The number of methoxy groups -OCH3 is 1. The molecular formula is C22H28N2O3S. The van der Waals surface area contributed by atoms with Gasteiger partial charge in [0.2, 0.25) is 0 Å². The lowest BCUT2D eigenvalue weighted by molar-refractivity contribution is 0.0935. The SMILES string of the molecule is COc1cc(C2NC(=O)c3c(sc4c3CCCC4)N2)ccc1OCCC(C)C. The van der Waals surface area contributed by atoms with E-state index in [1.807, 2.05) is 18.2 Å². The van der Waals surface area contributed by atoms with Crippen LogP contribution in [-0.2, 0) is 12.8 Å². The number of thiophene rings is 1. The van der Waals surface area contributed by atoms with Gasteiger partial charge in [-0.1, -0.05) is 19.9 Å². The molecule has 150 valence electrons. The summed E-state index contributed by atoms with van der Waals surface area (Å²) < 4.78 is 11.4. The fourth-order valence-corrected chi connectivity index (χ4v) is 5.15. The summed E-state index contributed by atoms with van der Waals surface area (Å²) in [5.74, 6) is 2.04. The molecule has 28 heavy (non-hydrogen) atoms. The number of ether oxygens (including phenoxy) is 2. The monoisotopic (exact) mass is 400 g/mol. The average molecular weight is 401 g/mol. The fourth-order valence-electron chi connectivity index (χ4n) is 3.83. The molecule has 0 saturated carbocycles. The predicted molar refractivity (Wildman–Crippen MR) is 113 cm³/mol. The first-order valence-electron chi connectivity index (χ1n) is 10.1. The molecule has 2 aliphatic rings. The Morgan fingerprint density at radius 1 is 1.18 bits per heavy atom. The van der Waals surface area contributed by atoms with Crippen molar-refractivity contribution in [1.82, 2.24) is 5.32 Å². The van der Waals surface area contributed by atoms with Crippen molar-refractivity contribution in [2.75, 3.05) is 19.0 Å². The lowest BCUT2D eigenvalue weighted by Gasteiger charge is -2.27. The first-order valence-corrected chi connectivity index (χ1v) is 10.9. The smallest absolute Gasteiger partial charge is 0.256 e. The zero-order valence-corrected chi connectivity index (χ0v) is 17.6. The van der Waals surface area contributed by atoms with E-state index < -0.39 is 0 Å². The van der Waals surface area contributed by atoms with Crippen LogP contribution in [0.5, 0.6) is 11.5 Å². The zero-order valence-electron chi connectivity index (χ0n) is 16.8. The van der Waals surface area contributed by atoms with Crippen molar-refractivity contribution >= 4 is 22.2 Å². The molecule has 0 radical (unpaired) electrons. The van der Waals surface area contributed by atoms with E-state index in [1.54, 1.807) is 18.4 Å². The molecule has 2 N–H and O–H groups in total. The maximum absolute atomic E-state index is 12.8. The van der Waals surface area contributed by atoms with Crippen molar-refractivity contribution in [3.05, 3.63) is 39.8 Å². The lowest BCUT2D eigenvalue weighted by Crippen LogP contribution is -2.38. The van der Waals surface area contributed by atoms with E-state index in [2.05, 4.69) is 24.5 Å². The van der Waals surface area contributed by atoms with Gasteiger partial charge in [-0.05, 0) is 61.3 Å².